The molecule has 0 saturated heterocycles. The molecular weight excluding hydrogens is 318 g/mol. The standard InChI is InChI=1S/C19H21N3O3/c1-3-25-19(24)18(13-7-6-8-14(23)11-13)20-12-17-21-15-9-4-5-10-16(15)22(17)2/h4-11,18,20,23H,3,12H2,1-2H3. The molecule has 0 fully saturated rings. The molecule has 1 aromatic heterocycles. The van der Waals surface area contributed by atoms with E-state index in [-0.39, 0.29) is 11.7 Å². The Kier molecular flexibility index (Phi) is 5.00. The Balaban J connectivity index is 1.84. The minimum absolute atomic E-state index is 0.108. The fourth-order valence-electron chi connectivity index (χ4n) is 2.81. The summed E-state index contributed by atoms with van der Waals surface area (Å²) in [4.78, 5) is 16.9. The molecule has 6 nitrogen and oxygen atoms in total. The van der Waals surface area contributed by atoms with E-state index in [0.29, 0.717) is 18.7 Å². The van der Waals surface area contributed by atoms with E-state index < -0.39 is 6.04 Å². The van der Waals surface area contributed by atoms with Gasteiger partial charge in [0.2, 0.25) is 0 Å². The summed E-state index contributed by atoms with van der Waals surface area (Å²) in [5.41, 5.74) is 2.59. The Hall–Kier alpha value is -2.86. The van der Waals surface area contributed by atoms with Crippen LogP contribution in [-0.4, -0.2) is 27.2 Å². The quantitative estimate of drug-likeness (QED) is 0.675. The topological polar surface area (TPSA) is 76.4 Å². The Morgan fingerprint density at radius 2 is 2.08 bits per heavy atom. The van der Waals surface area contributed by atoms with Crippen LogP contribution < -0.4 is 5.32 Å². The molecule has 1 unspecified atom stereocenters. The first-order chi connectivity index (χ1) is 12.1. The molecule has 130 valence electrons. The van der Waals surface area contributed by atoms with Crippen molar-refractivity contribution in [3.8, 4) is 5.75 Å². The molecule has 0 aliphatic heterocycles. The van der Waals surface area contributed by atoms with E-state index >= 15 is 0 Å². The van der Waals surface area contributed by atoms with Gasteiger partial charge in [0.15, 0.2) is 0 Å². The first-order valence-electron chi connectivity index (χ1n) is 8.19. The molecule has 25 heavy (non-hydrogen) atoms. The zero-order chi connectivity index (χ0) is 17.8. The van der Waals surface area contributed by atoms with Crippen molar-refractivity contribution in [2.45, 2.75) is 19.5 Å². The van der Waals surface area contributed by atoms with Crippen LogP contribution in [0.4, 0.5) is 0 Å². The number of carbonyl (C=O) groups excluding carboxylic acids is 1. The second-order valence-corrected chi connectivity index (χ2v) is 5.74. The second kappa shape index (κ2) is 7.36. The number of para-hydroxylation sites is 2. The minimum atomic E-state index is -0.674. The average Bonchev–Trinajstić information content (AvgIpc) is 2.92. The largest absolute Gasteiger partial charge is 0.508 e. The Labute approximate surface area is 146 Å². The van der Waals surface area contributed by atoms with E-state index in [1.165, 1.54) is 0 Å². The van der Waals surface area contributed by atoms with Gasteiger partial charge < -0.3 is 14.4 Å². The van der Waals surface area contributed by atoms with Crippen LogP contribution in [0, 0.1) is 0 Å². The first kappa shape index (κ1) is 17.0. The van der Waals surface area contributed by atoms with Crippen LogP contribution in [0.25, 0.3) is 11.0 Å². The number of ether oxygens (including phenoxy) is 1. The predicted octanol–water partition coefficient (Wildman–Crippen LogP) is 2.67. The van der Waals surface area contributed by atoms with Crippen LogP contribution in [0.15, 0.2) is 48.5 Å². The van der Waals surface area contributed by atoms with E-state index in [0.717, 1.165) is 16.9 Å². The number of esters is 1. The molecule has 0 bridgehead atoms. The van der Waals surface area contributed by atoms with E-state index in [1.807, 2.05) is 35.9 Å². The number of phenolic OH excluding ortho intramolecular Hbond substituents is 1. The molecule has 0 amide bonds. The highest BCUT2D eigenvalue weighted by atomic mass is 16.5. The summed E-state index contributed by atoms with van der Waals surface area (Å²) >= 11 is 0. The first-order valence-corrected chi connectivity index (χ1v) is 8.19. The number of aromatic hydroxyl groups is 1. The Morgan fingerprint density at radius 3 is 2.80 bits per heavy atom. The van der Waals surface area contributed by atoms with Crippen molar-refractivity contribution in [3.05, 3.63) is 59.9 Å². The molecule has 6 heteroatoms. The van der Waals surface area contributed by atoms with Crippen LogP contribution in [0.2, 0.25) is 0 Å². The zero-order valence-corrected chi connectivity index (χ0v) is 14.3. The zero-order valence-electron chi connectivity index (χ0n) is 14.3. The van der Waals surface area contributed by atoms with Gasteiger partial charge in [-0.25, -0.2) is 9.78 Å². The third-order valence-corrected chi connectivity index (χ3v) is 4.07. The maximum Gasteiger partial charge on any atom is 0.327 e. The smallest absolute Gasteiger partial charge is 0.327 e. The van der Waals surface area contributed by atoms with Crippen molar-refractivity contribution in [2.75, 3.05) is 6.61 Å². The number of aromatic nitrogens is 2. The molecular formula is C19H21N3O3. The van der Waals surface area contributed by atoms with Gasteiger partial charge in [0, 0.05) is 7.05 Å². The maximum atomic E-state index is 12.3. The van der Waals surface area contributed by atoms with Crippen LogP contribution in [0.1, 0.15) is 24.4 Å². The van der Waals surface area contributed by atoms with E-state index in [1.54, 1.807) is 31.2 Å². The molecule has 1 atom stereocenters. The summed E-state index contributed by atoms with van der Waals surface area (Å²) in [6.07, 6.45) is 0. The van der Waals surface area contributed by atoms with Crippen LogP contribution >= 0.6 is 0 Å². The van der Waals surface area contributed by atoms with Gasteiger partial charge in [-0.05, 0) is 36.8 Å². The van der Waals surface area contributed by atoms with Crippen molar-refractivity contribution < 1.29 is 14.6 Å². The summed E-state index contributed by atoms with van der Waals surface area (Å²) in [7, 11) is 1.94. The number of nitrogens with zero attached hydrogens (tertiary/aromatic N) is 2. The van der Waals surface area contributed by atoms with E-state index in [9.17, 15) is 9.90 Å². The third kappa shape index (κ3) is 3.64. The minimum Gasteiger partial charge on any atom is -0.508 e. The van der Waals surface area contributed by atoms with Crippen molar-refractivity contribution in [3.63, 3.8) is 0 Å². The van der Waals surface area contributed by atoms with Gasteiger partial charge in [-0.1, -0.05) is 24.3 Å². The number of aryl methyl sites for hydroxylation is 1. The fraction of sp³-hybridized carbons (Fsp3) is 0.263. The van der Waals surface area contributed by atoms with E-state index in [2.05, 4.69) is 10.3 Å². The number of hydrogen-bond acceptors (Lipinski definition) is 5. The van der Waals surface area contributed by atoms with Gasteiger partial charge >= 0.3 is 5.97 Å². The maximum absolute atomic E-state index is 12.3. The summed E-state index contributed by atoms with van der Waals surface area (Å²) in [5.74, 6) is 0.541. The van der Waals surface area contributed by atoms with Crippen LogP contribution in [0.3, 0.4) is 0 Å². The lowest BCUT2D eigenvalue weighted by Crippen LogP contribution is -2.30. The lowest BCUT2D eigenvalue weighted by molar-refractivity contribution is -0.145. The summed E-state index contributed by atoms with van der Waals surface area (Å²) in [5, 5.41) is 12.9. The summed E-state index contributed by atoms with van der Waals surface area (Å²) < 4.78 is 7.16. The van der Waals surface area contributed by atoms with E-state index in [4.69, 9.17) is 4.74 Å². The lowest BCUT2D eigenvalue weighted by Gasteiger charge is -2.17. The molecule has 0 saturated carbocycles. The van der Waals surface area contributed by atoms with Crippen LogP contribution in [0.5, 0.6) is 5.75 Å². The molecule has 3 rings (SSSR count). The monoisotopic (exact) mass is 339 g/mol. The van der Waals surface area contributed by atoms with Gasteiger partial charge in [-0.15, -0.1) is 0 Å². The number of rotatable bonds is 6. The number of carbonyl (C=O) groups is 1. The average molecular weight is 339 g/mol. The molecule has 2 aromatic carbocycles. The predicted molar refractivity (Wildman–Crippen MR) is 95.0 cm³/mol. The van der Waals surface area contributed by atoms with Gasteiger partial charge in [0.1, 0.15) is 17.6 Å². The molecule has 0 aliphatic rings. The summed E-state index contributed by atoms with van der Waals surface area (Å²) in [6, 6.07) is 13.8. The normalized spacial score (nSPS) is 12.2. The lowest BCUT2D eigenvalue weighted by atomic mass is 10.1. The van der Waals surface area contributed by atoms with Gasteiger partial charge in [-0.2, -0.15) is 0 Å². The molecule has 0 spiro atoms. The van der Waals surface area contributed by atoms with Crippen molar-refractivity contribution >= 4 is 17.0 Å². The molecule has 1 heterocycles. The molecule has 0 radical (unpaired) electrons. The molecule has 3 aromatic rings. The Bertz CT molecular complexity index is 889. The number of benzene rings is 2. The molecule has 0 aliphatic carbocycles. The van der Waals surface area contributed by atoms with Crippen molar-refractivity contribution in [2.24, 2.45) is 7.05 Å². The van der Waals surface area contributed by atoms with Gasteiger partial charge in [-0.3, -0.25) is 5.32 Å². The van der Waals surface area contributed by atoms with Crippen LogP contribution in [-0.2, 0) is 23.1 Å². The molecule has 2 N–H and O–H groups in total. The summed E-state index contributed by atoms with van der Waals surface area (Å²) in [6.45, 7) is 2.45. The number of hydrogen-bond donors (Lipinski definition) is 2. The number of nitrogens with one attached hydrogen (secondary N) is 1. The van der Waals surface area contributed by atoms with Crippen molar-refractivity contribution in [1.82, 2.24) is 14.9 Å². The van der Waals surface area contributed by atoms with Gasteiger partial charge in [0.05, 0.1) is 24.2 Å². The highest BCUT2D eigenvalue weighted by Crippen LogP contribution is 2.21. The van der Waals surface area contributed by atoms with Gasteiger partial charge in [0.25, 0.3) is 0 Å². The third-order valence-electron chi connectivity index (χ3n) is 4.07. The SMILES string of the molecule is CCOC(=O)C(NCc1nc2ccccc2n1C)c1cccc(O)c1. The van der Waals surface area contributed by atoms with Crippen molar-refractivity contribution in [1.29, 1.82) is 0 Å². The highest BCUT2D eigenvalue weighted by Gasteiger charge is 2.22. The number of fused-ring (bicyclic) bond motifs is 1. The second-order valence-electron chi connectivity index (χ2n) is 5.74. The Morgan fingerprint density at radius 1 is 1.28 bits per heavy atom. The fourth-order valence-corrected chi connectivity index (χ4v) is 2.81. The number of phenols is 1. The number of imidazole rings is 1. The highest BCUT2D eigenvalue weighted by molar-refractivity contribution is 5.78.